The van der Waals surface area contributed by atoms with Crippen molar-refractivity contribution in [2.24, 2.45) is 5.73 Å². The third-order valence-electron chi connectivity index (χ3n) is 3.27. The van der Waals surface area contributed by atoms with Crippen molar-refractivity contribution in [1.82, 2.24) is 4.90 Å². The van der Waals surface area contributed by atoms with Crippen molar-refractivity contribution < 1.29 is 23.0 Å². The molecule has 0 unspecified atom stereocenters. The molecule has 0 fully saturated rings. The first-order valence-corrected chi connectivity index (χ1v) is 8.98. The van der Waals surface area contributed by atoms with E-state index in [-0.39, 0.29) is 29.8 Å². The zero-order valence-corrected chi connectivity index (χ0v) is 16.2. The Morgan fingerprint density at radius 2 is 2.04 bits per heavy atom. The molecule has 0 spiro atoms. The van der Waals surface area contributed by atoms with E-state index in [1.807, 2.05) is 6.26 Å². The van der Waals surface area contributed by atoms with Gasteiger partial charge in [0.05, 0.1) is 12.6 Å². The lowest BCUT2D eigenvalue weighted by atomic mass is 10.1. The van der Waals surface area contributed by atoms with Gasteiger partial charge in [0.1, 0.15) is 0 Å². The average molecular weight is 399 g/mol. The standard InChI is InChI=1S/C16H24F2N2O3S.ClH/c1-4-22-14-9-11(5-6-13(14)23-16(17)18)10-20(2)15(21)12(19)7-8-24-3;/h5-6,9,12,16H,4,7-8,10,19H2,1-3H3;1H/t12-;/m0./s1. The van der Waals surface area contributed by atoms with Crippen LogP contribution in [-0.2, 0) is 11.3 Å². The number of hydrogen-bond donors (Lipinski definition) is 1. The van der Waals surface area contributed by atoms with Crippen molar-refractivity contribution in [2.45, 2.75) is 32.5 Å². The van der Waals surface area contributed by atoms with Gasteiger partial charge in [0.25, 0.3) is 0 Å². The first-order chi connectivity index (χ1) is 11.4. The number of alkyl halides is 2. The molecule has 0 saturated heterocycles. The van der Waals surface area contributed by atoms with Crippen molar-refractivity contribution in [1.29, 1.82) is 0 Å². The summed E-state index contributed by atoms with van der Waals surface area (Å²) in [6.45, 7) is -0.550. The van der Waals surface area contributed by atoms with Crippen molar-refractivity contribution in [2.75, 3.05) is 25.7 Å². The number of carbonyl (C=O) groups is 1. The first-order valence-electron chi connectivity index (χ1n) is 7.59. The van der Waals surface area contributed by atoms with Gasteiger partial charge in [-0.1, -0.05) is 6.07 Å². The molecule has 0 aliphatic carbocycles. The number of nitrogens with zero attached hydrogens (tertiary/aromatic N) is 1. The highest BCUT2D eigenvalue weighted by Crippen LogP contribution is 2.30. The molecule has 1 aromatic carbocycles. The summed E-state index contributed by atoms with van der Waals surface area (Å²) in [4.78, 5) is 13.7. The largest absolute Gasteiger partial charge is 0.490 e. The summed E-state index contributed by atoms with van der Waals surface area (Å²) >= 11 is 1.63. The van der Waals surface area contributed by atoms with E-state index in [9.17, 15) is 13.6 Å². The average Bonchev–Trinajstić information content (AvgIpc) is 2.54. The fourth-order valence-corrected chi connectivity index (χ4v) is 2.61. The van der Waals surface area contributed by atoms with Gasteiger partial charge >= 0.3 is 6.61 Å². The second-order valence-electron chi connectivity index (χ2n) is 5.17. The number of ether oxygens (including phenoxy) is 2. The lowest BCUT2D eigenvalue weighted by Gasteiger charge is -2.22. The second-order valence-corrected chi connectivity index (χ2v) is 6.16. The van der Waals surface area contributed by atoms with Crippen LogP contribution in [0.4, 0.5) is 8.78 Å². The maximum absolute atomic E-state index is 12.4. The Morgan fingerprint density at radius 1 is 1.36 bits per heavy atom. The van der Waals surface area contributed by atoms with E-state index in [0.29, 0.717) is 19.6 Å². The summed E-state index contributed by atoms with van der Waals surface area (Å²) in [6, 6.07) is 4.09. The molecule has 2 N–H and O–H groups in total. The normalized spacial score (nSPS) is 11.6. The van der Waals surface area contributed by atoms with E-state index in [0.717, 1.165) is 11.3 Å². The number of benzene rings is 1. The Morgan fingerprint density at radius 3 is 2.60 bits per heavy atom. The van der Waals surface area contributed by atoms with Gasteiger partial charge in [-0.15, -0.1) is 12.4 Å². The molecule has 0 heterocycles. The predicted octanol–water partition coefficient (Wildman–Crippen LogP) is 3.15. The van der Waals surface area contributed by atoms with Crippen LogP contribution in [0.3, 0.4) is 0 Å². The molecule has 144 valence electrons. The summed E-state index contributed by atoms with van der Waals surface area (Å²) in [5, 5.41) is 0. The molecule has 5 nitrogen and oxygen atoms in total. The van der Waals surface area contributed by atoms with Gasteiger partial charge in [0.15, 0.2) is 11.5 Å². The minimum atomic E-state index is -2.92. The monoisotopic (exact) mass is 398 g/mol. The molecule has 0 aliphatic heterocycles. The molecule has 0 radical (unpaired) electrons. The van der Waals surface area contributed by atoms with Gasteiger partial charge in [-0.25, -0.2) is 0 Å². The van der Waals surface area contributed by atoms with Gasteiger partial charge in [-0.3, -0.25) is 4.79 Å². The highest BCUT2D eigenvalue weighted by Gasteiger charge is 2.19. The van der Waals surface area contributed by atoms with Crippen LogP contribution in [0, 0.1) is 0 Å². The van der Waals surface area contributed by atoms with Crippen LogP contribution in [0.15, 0.2) is 18.2 Å². The molecule has 0 aliphatic rings. The van der Waals surface area contributed by atoms with E-state index in [1.165, 1.54) is 11.0 Å². The van der Waals surface area contributed by atoms with E-state index in [4.69, 9.17) is 10.5 Å². The number of nitrogens with two attached hydrogens (primary N) is 1. The Labute approximate surface area is 157 Å². The van der Waals surface area contributed by atoms with Gasteiger partial charge in [0, 0.05) is 13.6 Å². The van der Waals surface area contributed by atoms with Gasteiger partial charge in [-0.05, 0) is 43.0 Å². The minimum Gasteiger partial charge on any atom is -0.490 e. The van der Waals surface area contributed by atoms with Crippen molar-refractivity contribution in [3.05, 3.63) is 23.8 Å². The molecule has 0 saturated carbocycles. The minimum absolute atomic E-state index is 0. The number of thioether (sulfide) groups is 1. The van der Waals surface area contributed by atoms with Crippen LogP contribution in [-0.4, -0.2) is 49.1 Å². The number of carbonyl (C=O) groups excluding carboxylic acids is 1. The van der Waals surface area contributed by atoms with Crippen LogP contribution in [0.25, 0.3) is 0 Å². The third kappa shape index (κ3) is 8.11. The summed E-state index contributed by atoms with van der Waals surface area (Å²) in [6.07, 6.45) is 2.56. The Kier molecular flexibility index (Phi) is 11.6. The molecule has 0 aromatic heterocycles. The highest BCUT2D eigenvalue weighted by atomic mass is 35.5. The molecular weight excluding hydrogens is 374 g/mol. The molecule has 1 amide bonds. The zero-order chi connectivity index (χ0) is 18.1. The lowest BCUT2D eigenvalue weighted by molar-refractivity contribution is -0.131. The Bertz CT molecular complexity index is 538. The molecule has 0 bridgehead atoms. The Balaban J connectivity index is 0.00000576. The van der Waals surface area contributed by atoms with Gasteiger partial charge in [-0.2, -0.15) is 20.5 Å². The topological polar surface area (TPSA) is 64.8 Å². The zero-order valence-electron chi connectivity index (χ0n) is 14.5. The Hall–Kier alpha value is -1.25. The van der Waals surface area contributed by atoms with Crippen molar-refractivity contribution >= 4 is 30.1 Å². The fraction of sp³-hybridized carbons (Fsp3) is 0.562. The number of amides is 1. The van der Waals surface area contributed by atoms with Crippen molar-refractivity contribution in [3.8, 4) is 11.5 Å². The number of likely N-dealkylation sites (N-methyl/N-ethyl adjacent to an activating group) is 1. The maximum Gasteiger partial charge on any atom is 0.387 e. The van der Waals surface area contributed by atoms with Crippen LogP contribution in [0.2, 0.25) is 0 Å². The molecule has 9 heteroatoms. The maximum atomic E-state index is 12.4. The first kappa shape index (κ1) is 23.8. The summed E-state index contributed by atoms with van der Waals surface area (Å²) in [5.41, 5.74) is 6.63. The quantitative estimate of drug-likeness (QED) is 0.655. The smallest absolute Gasteiger partial charge is 0.387 e. The van der Waals surface area contributed by atoms with E-state index >= 15 is 0 Å². The van der Waals surface area contributed by atoms with Gasteiger partial charge in [0.2, 0.25) is 5.91 Å². The third-order valence-corrected chi connectivity index (χ3v) is 3.91. The molecular formula is C16H25ClF2N2O3S. The number of hydrogen-bond acceptors (Lipinski definition) is 5. The molecule has 1 aromatic rings. The highest BCUT2D eigenvalue weighted by molar-refractivity contribution is 7.98. The summed E-state index contributed by atoms with van der Waals surface area (Å²) in [7, 11) is 1.66. The van der Waals surface area contributed by atoms with Crippen LogP contribution < -0.4 is 15.2 Å². The molecule has 25 heavy (non-hydrogen) atoms. The molecule has 1 atom stereocenters. The number of halogens is 3. The van der Waals surface area contributed by atoms with E-state index in [2.05, 4.69) is 4.74 Å². The van der Waals surface area contributed by atoms with Crippen molar-refractivity contribution in [3.63, 3.8) is 0 Å². The van der Waals surface area contributed by atoms with E-state index in [1.54, 1.807) is 37.9 Å². The molecule has 1 rings (SSSR count). The van der Waals surface area contributed by atoms with Crippen LogP contribution >= 0.6 is 24.2 Å². The summed E-state index contributed by atoms with van der Waals surface area (Å²) < 4.78 is 34.6. The fourth-order valence-electron chi connectivity index (χ4n) is 2.12. The van der Waals surface area contributed by atoms with Crippen LogP contribution in [0.1, 0.15) is 18.9 Å². The van der Waals surface area contributed by atoms with E-state index < -0.39 is 12.7 Å². The summed E-state index contributed by atoms with van der Waals surface area (Å²) in [5.74, 6) is 0.855. The predicted molar refractivity (Wildman–Crippen MR) is 98.9 cm³/mol. The second kappa shape index (κ2) is 12.2. The van der Waals surface area contributed by atoms with Crippen LogP contribution in [0.5, 0.6) is 11.5 Å². The SMILES string of the molecule is CCOc1cc(CN(C)C(=O)[C@@H](N)CCSC)ccc1OC(F)F.Cl. The number of rotatable bonds is 10. The van der Waals surface area contributed by atoms with Gasteiger partial charge < -0.3 is 20.1 Å². The lowest BCUT2D eigenvalue weighted by Crippen LogP contribution is -2.41.